The highest BCUT2D eigenvalue weighted by Crippen LogP contribution is 2.16. The van der Waals surface area contributed by atoms with E-state index in [-0.39, 0.29) is 12.1 Å². The number of rotatable bonds is 6. The lowest BCUT2D eigenvalue weighted by Crippen LogP contribution is -2.40. The number of ether oxygens (including phenoxy) is 1. The standard InChI is InChI=1S/C14H22N2O3/c1-4-12(9-19-3)15-14(18)16-13-7-5-6-11(8-13)10(2)17/h5-8,10,12,17H,4,9H2,1-3H3,(H2,15,16,18). The molecule has 0 aliphatic heterocycles. The van der Waals surface area contributed by atoms with E-state index in [1.165, 1.54) is 0 Å². The molecule has 0 saturated carbocycles. The molecule has 0 bridgehead atoms. The third-order valence-electron chi connectivity index (χ3n) is 2.82. The SMILES string of the molecule is CCC(COC)NC(=O)Nc1cccc(C(C)O)c1. The van der Waals surface area contributed by atoms with Crippen LogP contribution in [0.25, 0.3) is 0 Å². The second-order valence-electron chi connectivity index (χ2n) is 4.46. The summed E-state index contributed by atoms with van der Waals surface area (Å²) in [5, 5.41) is 15.1. The molecule has 5 heteroatoms. The number of anilines is 1. The lowest BCUT2D eigenvalue weighted by Gasteiger charge is -2.16. The van der Waals surface area contributed by atoms with Gasteiger partial charge in [0.05, 0.1) is 18.8 Å². The first-order chi connectivity index (χ1) is 9.06. The van der Waals surface area contributed by atoms with Gasteiger partial charge in [-0.3, -0.25) is 0 Å². The fourth-order valence-corrected chi connectivity index (χ4v) is 1.69. The van der Waals surface area contributed by atoms with Crippen molar-refractivity contribution in [2.75, 3.05) is 19.0 Å². The molecule has 106 valence electrons. The van der Waals surface area contributed by atoms with Crippen molar-refractivity contribution in [2.45, 2.75) is 32.4 Å². The Kier molecular flexibility index (Phi) is 6.32. The molecule has 19 heavy (non-hydrogen) atoms. The molecule has 0 radical (unpaired) electrons. The Bertz CT molecular complexity index is 407. The Labute approximate surface area is 114 Å². The molecule has 1 aromatic carbocycles. The summed E-state index contributed by atoms with van der Waals surface area (Å²) < 4.78 is 5.02. The van der Waals surface area contributed by atoms with E-state index >= 15 is 0 Å². The van der Waals surface area contributed by atoms with Gasteiger partial charge in [0, 0.05) is 12.8 Å². The molecular weight excluding hydrogens is 244 g/mol. The minimum absolute atomic E-state index is 0.00931. The van der Waals surface area contributed by atoms with Gasteiger partial charge in [0.2, 0.25) is 0 Å². The summed E-state index contributed by atoms with van der Waals surface area (Å²) in [6.07, 6.45) is 0.247. The van der Waals surface area contributed by atoms with E-state index < -0.39 is 6.10 Å². The van der Waals surface area contributed by atoms with Crippen molar-refractivity contribution in [3.8, 4) is 0 Å². The first-order valence-corrected chi connectivity index (χ1v) is 6.41. The number of amides is 2. The molecule has 0 saturated heterocycles. The largest absolute Gasteiger partial charge is 0.389 e. The third kappa shape index (κ3) is 5.28. The minimum Gasteiger partial charge on any atom is -0.389 e. The highest BCUT2D eigenvalue weighted by atomic mass is 16.5. The summed E-state index contributed by atoms with van der Waals surface area (Å²) >= 11 is 0. The molecule has 2 unspecified atom stereocenters. The zero-order chi connectivity index (χ0) is 14.3. The molecule has 0 aliphatic carbocycles. The van der Waals surface area contributed by atoms with E-state index in [2.05, 4.69) is 10.6 Å². The Morgan fingerprint density at radius 1 is 1.47 bits per heavy atom. The molecule has 5 nitrogen and oxygen atoms in total. The van der Waals surface area contributed by atoms with Crippen molar-refractivity contribution in [3.05, 3.63) is 29.8 Å². The molecule has 0 aromatic heterocycles. The lowest BCUT2D eigenvalue weighted by molar-refractivity contribution is 0.165. The molecule has 3 N–H and O–H groups in total. The number of urea groups is 1. The van der Waals surface area contributed by atoms with Crippen LogP contribution in [0.3, 0.4) is 0 Å². The van der Waals surface area contributed by atoms with Gasteiger partial charge in [0.25, 0.3) is 0 Å². The Morgan fingerprint density at radius 3 is 2.79 bits per heavy atom. The van der Waals surface area contributed by atoms with E-state index in [4.69, 9.17) is 4.74 Å². The summed E-state index contributed by atoms with van der Waals surface area (Å²) in [6, 6.07) is 6.86. The maximum atomic E-state index is 11.8. The van der Waals surface area contributed by atoms with Crippen molar-refractivity contribution in [1.82, 2.24) is 5.32 Å². The highest BCUT2D eigenvalue weighted by molar-refractivity contribution is 5.89. The van der Waals surface area contributed by atoms with Crippen LogP contribution in [0.5, 0.6) is 0 Å². The molecule has 1 rings (SSSR count). The molecule has 0 spiro atoms. The van der Waals surface area contributed by atoms with Crippen molar-refractivity contribution in [1.29, 1.82) is 0 Å². The number of benzene rings is 1. The van der Waals surface area contributed by atoms with Crippen LogP contribution in [0.1, 0.15) is 31.9 Å². The Morgan fingerprint density at radius 2 is 2.21 bits per heavy atom. The van der Waals surface area contributed by atoms with Crippen LogP contribution in [0.4, 0.5) is 10.5 Å². The highest BCUT2D eigenvalue weighted by Gasteiger charge is 2.10. The van der Waals surface area contributed by atoms with E-state index in [0.717, 1.165) is 12.0 Å². The zero-order valence-electron chi connectivity index (χ0n) is 11.6. The van der Waals surface area contributed by atoms with Gasteiger partial charge in [-0.2, -0.15) is 0 Å². The van der Waals surface area contributed by atoms with Crippen LogP contribution in [0.15, 0.2) is 24.3 Å². The number of hydrogen-bond acceptors (Lipinski definition) is 3. The number of aliphatic hydroxyl groups excluding tert-OH is 1. The van der Waals surface area contributed by atoms with Crippen molar-refractivity contribution in [2.24, 2.45) is 0 Å². The summed E-state index contributed by atoms with van der Waals surface area (Å²) in [6.45, 7) is 4.15. The van der Waals surface area contributed by atoms with Crippen molar-refractivity contribution in [3.63, 3.8) is 0 Å². The van der Waals surface area contributed by atoms with Crippen molar-refractivity contribution < 1.29 is 14.6 Å². The number of methoxy groups -OCH3 is 1. The summed E-state index contributed by atoms with van der Waals surface area (Å²) in [4.78, 5) is 11.8. The number of nitrogens with one attached hydrogen (secondary N) is 2. The second kappa shape index (κ2) is 7.76. The van der Waals surface area contributed by atoms with E-state index in [1.807, 2.05) is 13.0 Å². The molecule has 0 fully saturated rings. The Balaban J connectivity index is 2.58. The van der Waals surface area contributed by atoms with Gasteiger partial charge in [0.15, 0.2) is 0 Å². The normalized spacial score (nSPS) is 13.7. The van der Waals surface area contributed by atoms with Gasteiger partial charge < -0.3 is 20.5 Å². The summed E-state index contributed by atoms with van der Waals surface area (Å²) in [5.74, 6) is 0. The number of carbonyl (C=O) groups excluding carboxylic acids is 1. The fourth-order valence-electron chi connectivity index (χ4n) is 1.69. The third-order valence-corrected chi connectivity index (χ3v) is 2.82. The van der Waals surface area contributed by atoms with E-state index in [0.29, 0.717) is 12.3 Å². The monoisotopic (exact) mass is 266 g/mol. The molecular formula is C14H22N2O3. The number of aliphatic hydroxyl groups is 1. The smallest absolute Gasteiger partial charge is 0.319 e. The second-order valence-corrected chi connectivity index (χ2v) is 4.46. The van der Waals surface area contributed by atoms with Gasteiger partial charge in [-0.1, -0.05) is 19.1 Å². The number of hydrogen-bond donors (Lipinski definition) is 3. The van der Waals surface area contributed by atoms with E-state index in [1.54, 1.807) is 32.2 Å². The van der Waals surface area contributed by atoms with Crippen LogP contribution < -0.4 is 10.6 Å². The molecule has 0 heterocycles. The van der Waals surface area contributed by atoms with Crippen LogP contribution >= 0.6 is 0 Å². The van der Waals surface area contributed by atoms with Gasteiger partial charge in [-0.05, 0) is 31.0 Å². The summed E-state index contributed by atoms with van der Waals surface area (Å²) in [5.41, 5.74) is 1.42. The maximum absolute atomic E-state index is 11.8. The first kappa shape index (κ1) is 15.5. The first-order valence-electron chi connectivity index (χ1n) is 6.41. The van der Waals surface area contributed by atoms with Gasteiger partial charge in [-0.15, -0.1) is 0 Å². The van der Waals surface area contributed by atoms with Gasteiger partial charge in [0.1, 0.15) is 0 Å². The van der Waals surface area contributed by atoms with Gasteiger partial charge >= 0.3 is 6.03 Å². The molecule has 2 atom stereocenters. The Hall–Kier alpha value is -1.59. The molecule has 2 amide bonds. The number of carbonyl (C=O) groups is 1. The average molecular weight is 266 g/mol. The van der Waals surface area contributed by atoms with Gasteiger partial charge in [-0.25, -0.2) is 4.79 Å². The quantitative estimate of drug-likeness (QED) is 0.740. The minimum atomic E-state index is -0.554. The zero-order valence-corrected chi connectivity index (χ0v) is 11.6. The van der Waals surface area contributed by atoms with Crippen molar-refractivity contribution >= 4 is 11.7 Å². The predicted octanol–water partition coefficient (Wildman–Crippen LogP) is 2.29. The predicted molar refractivity (Wildman–Crippen MR) is 75.2 cm³/mol. The van der Waals surface area contributed by atoms with Crippen LogP contribution in [0.2, 0.25) is 0 Å². The maximum Gasteiger partial charge on any atom is 0.319 e. The molecule has 0 aliphatic rings. The van der Waals surface area contributed by atoms with E-state index in [9.17, 15) is 9.90 Å². The average Bonchev–Trinajstić information content (AvgIpc) is 2.38. The topological polar surface area (TPSA) is 70.6 Å². The fraction of sp³-hybridized carbons (Fsp3) is 0.500. The lowest BCUT2D eigenvalue weighted by atomic mass is 10.1. The molecule has 1 aromatic rings. The summed E-state index contributed by atoms with van der Waals surface area (Å²) in [7, 11) is 1.61. The van der Waals surface area contributed by atoms with Crippen LogP contribution in [-0.2, 0) is 4.74 Å². The van der Waals surface area contributed by atoms with Crippen LogP contribution in [-0.4, -0.2) is 30.9 Å². The van der Waals surface area contributed by atoms with Crippen LogP contribution in [0, 0.1) is 0 Å².